The number of hydrogen-bond acceptors (Lipinski definition) is 1. The Balaban J connectivity index is 3.47. The quantitative estimate of drug-likeness (QED) is 0.372. The van der Waals surface area contributed by atoms with Crippen LogP contribution < -0.4 is 0 Å². The number of rotatable bonds is 0. The van der Waals surface area contributed by atoms with Crippen LogP contribution in [0.5, 0.6) is 0 Å². The summed E-state index contributed by atoms with van der Waals surface area (Å²) >= 11 is 7.96. The second kappa shape index (κ2) is 1.61. The van der Waals surface area contributed by atoms with Gasteiger partial charge in [-0.25, -0.2) is 0 Å². The molecule has 0 aromatic carbocycles. The molecule has 0 saturated carbocycles. The molecule has 5 heavy (non-hydrogen) atoms. The zero-order valence-corrected chi connectivity index (χ0v) is 5.36. The van der Waals surface area contributed by atoms with Crippen molar-refractivity contribution < 1.29 is 4.89 Å². The van der Waals surface area contributed by atoms with Gasteiger partial charge in [-0.1, -0.05) is 11.8 Å². The lowest BCUT2D eigenvalue weighted by Crippen LogP contribution is -1.51. The average molecular weight is 128 g/mol. The van der Waals surface area contributed by atoms with E-state index in [-0.39, 0.29) is 0 Å². The van der Waals surface area contributed by atoms with Crippen molar-refractivity contribution in [3.63, 3.8) is 0 Å². The van der Waals surface area contributed by atoms with Crippen LogP contribution in [0.15, 0.2) is 0 Å². The van der Waals surface area contributed by atoms with Gasteiger partial charge >= 0.3 is 0 Å². The van der Waals surface area contributed by atoms with Crippen LogP contribution in [-0.4, -0.2) is 11.6 Å². The highest BCUT2D eigenvalue weighted by Gasteiger charge is 1.86. The van der Waals surface area contributed by atoms with Crippen molar-refractivity contribution in [2.45, 2.75) is 0 Å². The predicted octanol–water partition coefficient (Wildman–Crippen LogP) is 0.848. The summed E-state index contributed by atoms with van der Waals surface area (Å²) in [7, 11) is 0. The van der Waals surface area contributed by atoms with Gasteiger partial charge in [0.15, 0.2) is 0 Å². The lowest BCUT2D eigenvalue weighted by Gasteiger charge is -1.90. The highest BCUT2D eigenvalue weighted by atomic mass is 32.9. The minimum atomic E-state index is -2.11. The normalized spacial score (nSPS) is 21.4. The molecule has 0 spiro atoms. The smallest absolute Gasteiger partial charge is 0.111 e. The van der Waals surface area contributed by atoms with Gasteiger partial charge in [-0.3, -0.25) is 0 Å². The van der Waals surface area contributed by atoms with Gasteiger partial charge < -0.3 is 4.89 Å². The molecule has 0 aromatic rings. The van der Waals surface area contributed by atoms with Crippen molar-refractivity contribution in [2.24, 2.45) is 0 Å². The maximum Gasteiger partial charge on any atom is 0.111 e. The molecular formula is CH5OPS2. The zero-order chi connectivity index (χ0) is 4.50. The van der Waals surface area contributed by atoms with Gasteiger partial charge in [-0.2, -0.15) is 0 Å². The van der Waals surface area contributed by atoms with E-state index in [1.165, 1.54) is 6.66 Å². The van der Waals surface area contributed by atoms with Crippen LogP contribution in [0.1, 0.15) is 0 Å². The molecule has 4 heteroatoms. The maximum absolute atomic E-state index is 8.31. The highest BCUT2D eigenvalue weighted by Crippen LogP contribution is 2.40. The minimum absolute atomic E-state index is 1.53. The average Bonchev–Trinajstić information content (AvgIpc) is 0.722. The van der Waals surface area contributed by atoms with Crippen LogP contribution in [0.4, 0.5) is 0 Å². The van der Waals surface area contributed by atoms with Gasteiger partial charge in [0.25, 0.3) is 0 Å². The van der Waals surface area contributed by atoms with Crippen molar-refractivity contribution >= 4 is 29.5 Å². The van der Waals surface area contributed by atoms with Gasteiger partial charge in [0.05, 0.1) is 0 Å². The molecule has 1 atom stereocenters. The minimum Gasteiger partial charge on any atom is -0.357 e. The third-order valence-corrected chi connectivity index (χ3v) is 0. The summed E-state index contributed by atoms with van der Waals surface area (Å²) in [6.07, 6.45) is 0. The predicted molar refractivity (Wildman–Crippen MR) is 31.4 cm³/mol. The largest absolute Gasteiger partial charge is 0.357 e. The first-order valence-corrected chi connectivity index (χ1v) is 5.38. The molecule has 32 valence electrons. The van der Waals surface area contributed by atoms with Gasteiger partial charge in [-0.15, -0.1) is 12.2 Å². The standard InChI is InChI=1S/CH5OPS2/c1-3(2,4)5/h1H3,(H2,2,4,5). The Bertz CT molecular complexity index is 55.8. The summed E-state index contributed by atoms with van der Waals surface area (Å²) in [5.74, 6) is 0. The summed E-state index contributed by atoms with van der Waals surface area (Å²) in [6.45, 7) is 1.53. The van der Waals surface area contributed by atoms with E-state index in [0.717, 1.165) is 0 Å². The fourth-order valence-corrected chi connectivity index (χ4v) is 0. The molecule has 0 heterocycles. The Hall–Kier alpha value is 0.960. The zero-order valence-electron chi connectivity index (χ0n) is 2.75. The van der Waals surface area contributed by atoms with Crippen molar-refractivity contribution in [2.75, 3.05) is 6.66 Å². The first-order valence-electron chi connectivity index (χ1n) is 1.03. The van der Waals surface area contributed by atoms with Crippen LogP contribution in [-0.2, 0) is 11.8 Å². The van der Waals surface area contributed by atoms with E-state index in [9.17, 15) is 0 Å². The molecule has 1 unspecified atom stereocenters. The summed E-state index contributed by atoms with van der Waals surface area (Å²) < 4.78 is 0. The Labute approximate surface area is 41.6 Å². The molecule has 0 aliphatic rings. The van der Waals surface area contributed by atoms with E-state index in [1.54, 1.807) is 0 Å². The van der Waals surface area contributed by atoms with Crippen LogP contribution in [0.3, 0.4) is 0 Å². The van der Waals surface area contributed by atoms with Crippen molar-refractivity contribution in [1.29, 1.82) is 0 Å². The van der Waals surface area contributed by atoms with Crippen LogP contribution in [0.2, 0.25) is 0 Å². The molecule has 1 nitrogen and oxygen atoms in total. The molecule has 0 aliphatic carbocycles. The molecule has 0 rings (SSSR count). The Kier molecular flexibility index (Phi) is 1.91. The molecule has 1 N–H and O–H groups in total. The monoisotopic (exact) mass is 128 g/mol. The van der Waals surface area contributed by atoms with Crippen LogP contribution >= 0.6 is 17.7 Å². The molecule has 0 fully saturated rings. The molecular weight excluding hydrogens is 123 g/mol. The van der Waals surface area contributed by atoms with E-state index in [0.29, 0.717) is 0 Å². The first-order chi connectivity index (χ1) is 2.00. The number of hydrogen-bond donors (Lipinski definition) is 2. The first kappa shape index (κ1) is 5.96. The summed E-state index contributed by atoms with van der Waals surface area (Å²) in [5.41, 5.74) is -2.11. The maximum atomic E-state index is 8.31. The molecule has 0 aliphatic heterocycles. The molecule has 0 radical (unpaired) electrons. The molecule has 0 bridgehead atoms. The third kappa shape index (κ3) is 47.2. The fourth-order valence-electron chi connectivity index (χ4n) is 0. The Morgan fingerprint density at radius 3 is 2.00 bits per heavy atom. The van der Waals surface area contributed by atoms with Gasteiger partial charge in [0, 0.05) is 0 Å². The summed E-state index contributed by atoms with van der Waals surface area (Å²) in [5, 5.41) is 0. The highest BCUT2D eigenvalue weighted by molar-refractivity contribution is 8.61. The topological polar surface area (TPSA) is 20.2 Å². The van der Waals surface area contributed by atoms with Gasteiger partial charge in [0.2, 0.25) is 0 Å². The number of thiol groups is 1. The van der Waals surface area contributed by atoms with Crippen molar-refractivity contribution in [3.8, 4) is 0 Å². The second-order valence-electron chi connectivity index (χ2n) is 0.835. The van der Waals surface area contributed by atoms with Gasteiger partial charge in [0.1, 0.15) is 5.47 Å². The van der Waals surface area contributed by atoms with E-state index in [4.69, 9.17) is 4.89 Å². The van der Waals surface area contributed by atoms with Gasteiger partial charge in [-0.05, 0) is 6.66 Å². The Morgan fingerprint density at radius 1 is 2.00 bits per heavy atom. The molecule has 0 aromatic heterocycles. The van der Waals surface area contributed by atoms with Crippen molar-refractivity contribution in [1.82, 2.24) is 0 Å². The lowest BCUT2D eigenvalue weighted by atomic mass is 12.0. The SMILES string of the molecule is CP(O)(=S)S. The lowest BCUT2D eigenvalue weighted by molar-refractivity contribution is 0.645. The van der Waals surface area contributed by atoms with Crippen molar-refractivity contribution in [3.05, 3.63) is 0 Å². The summed E-state index contributed by atoms with van der Waals surface area (Å²) in [6, 6.07) is 0. The van der Waals surface area contributed by atoms with E-state index in [1.807, 2.05) is 0 Å². The second-order valence-corrected chi connectivity index (χ2v) is 7.79. The summed E-state index contributed by atoms with van der Waals surface area (Å²) in [4.78, 5) is 8.31. The van der Waals surface area contributed by atoms with E-state index < -0.39 is 5.47 Å². The molecule has 0 amide bonds. The van der Waals surface area contributed by atoms with Crippen LogP contribution in [0.25, 0.3) is 0 Å². The third-order valence-electron chi connectivity index (χ3n) is 0. The van der Waals surface area contributed by atoms with E-state index in [2.05, 4.69) is 24.1 Å². The molecule has 0 saturated heterocycles. The fraction of sp³-hybridized carbons (Fsp3) is 1.00. The van der Waals surface area contributed by atoms with Crippen LogP contribution in [0, 0.1) is 0 Å². The Morgan fingerprint density at radius 2 is 2.00 bits per heavy atom. The van der Waals surface area contributed by atoms with E-state index >= 15 is 0 Å².